The van der Waals surface area contributed by atoms with Gasteiger partial charge >= 0.3 is 12.4 Å². The normalized spacial score (nSPS) is 17.7. The molecule has 9 nitrogen and oxygen atoms in total. The van der Waals surface area contributed by atoms with E-state index in [9.17, 15) is 39.6 Å². The van der Waals surface area contributed by atoms with Crippen LogP contribution in [-0.2, 0) is 27.5 Å². The van der Waals surface area contributed by atoms with Crippen molar-refractivity contribution in [3.05, 3.63) is 95.1 Å². The molecule has 3 heterocycles. The maximum atomic E-state index is 14.6. The van der Waals surface area contributed by atoms with Gasteiger partial charge in [-0.3, -0.25) is 14.6 Å². The molecule has 3 aromatic carbocycles. The highest BCUT2D eigenvalue weighted by Gasteiger charge is 2.43. The number of hydrogen-bond donors (Lipinski definition) is 1. The standard InChI is InChI=1S/C37H39F6N5O4S/c1-46(2)53(50,51)28-11-12-31-29(22-28)32(35(49)45-34(37(41,42)43)24-7-4-3-5-8-24)30(33(44-31)25-9-6-10-26(21-25)36(38,39)40)23-47-15-13-27(14-16-47)48-17-19-52-20-18-48/h3-12,21-22,27,34H,13-20,23H2,1-2H3,(H,45,49). The van der Waals surface area contributed by atoms with E-state index in [0.29, 0.717) is 26.3 Å². The maximum Gasteiger partial charge on any atom is 0.416 e. The van der Waals surface area contributed by atoms with Gasteiger partial charge in [-0.15, -0.1) is 0 Å². The Morgan fingerprint density at radius 1 is 0.925 bits per heavy atom. The number of carbonyl (C=O) groups is 1. The van der Waals surface area contributed by atoms with E-state index < -0.39 is 39.9 Å². The summed E-state index contributed by atoms with van der Waals surface area (Å²) in [5.74, 6) is -1.19. The summed E-state index contributed by atoms with van der Waals surface area (Å²) in [6.07, 6.45) is -8.20. The van der Waals surface area contributed by atoms with Crippen LogP contribution in [0.4, 0.5) is 26.3 Å². The number of aromatic nitrogens is 1. The molecule has 1 N–H and O–H groups in total. The molecule has 4 aromatic rings. The molecule has 2 fully saturated rings. The number of fused-ring (bicyclic) bond motifs is 1. The lowest BCUT2D eigenvalue weighted by Crippen LogP contribution is -2.48. The quantitative estimate of drug-likeness (QED) is 0.195. The average molecular weight is 764 g/mol. The second-order valence-corrected chi connectivity index (χ2v) is 15.5. The van der Waals surface area contributed by atoms with Crippen molar-refractivity contribution in [3.63, 3.8) is 0 Å². The van der Waals surface area contributed by atoms with Gasteiger partial charge in [0.1, 0.15) is 0 Å². The molecule has 1 atom stereocenters. The molecule has 6 rings (SSSR count). The smallest absolute Gasteiger partial charge is 0.379 e. The number of halogens is 6. The summed E-state index contributed by atoms with van der Waals surface area (Å²) in [7, 11) is -1.48. The van der Waals surface area contributed by atoms with Gasteiger partial charge in [-0.25, -0.2) is 17.7 Å². The van der Waals surface area contributed by atoms with Crippen molar-refractivity contribution in [1.29, 1.82) is 0 Å². The zero-order valence-electron chi connectivity index (χ0n) is 29.0. The number of nitrogens with one attached hydrogen (secondary N) is 1. The molecule has 2 aliphatic rings. The molecule has 2 aliphatic heterocycles. The lowest BCUT2D eigenvalue weighted by Gasteiger charge is -2.40. The number of alkyl halides is 6. The molecule has 284 valence electrons. The lowest BCUT2D eigenvalue weighted by atomic mass is 9.93. The van der Waals surface area contributed by atoms with Gasteiger partial charge in [-0.1, -0.05) is 42.5 Å². The van der Waals surface area contributed by atoms with Crippen LogP contribution in [0.2, 0.25) is 0 Å². The van der Waals surface area contributed by atoms with Crippen LogP contribution in [0.3, 0.4) is 0 Å². The number of nitrogens with zero attached hydrogens (tertiary/aromatic N) is 4. The van der Waals surface area contributed by atoms with Crippen LogP contribution >= 0.6 is 0 Å². The summed E-state index contributed by atoms with van der Waals surface area (Å²) >= 11 is 0. The second kappa shape index (κ2) is 15.3. The predicted octanol–water partition coefficient (Wildman–Crippen LogP) is 6.50. The van der Waals surface area contributed by atoms with Crippen LogP contribution in [0.1, 0.15) is 45.9 Å². The Kier molecular flexibility index (Phi) is 11.2. The molecule has 2 saturated heterocycles. The van der Waals surface area contributed by atoms with E-state index in [-0.39, 0.29) is 56.3 Å². The monoisotopic (exact) mass is 763 g/mol. The van der Waals surface area contributed by atoms with Crippen LogP contribution in [0.15, 0.2) is 77.7 Å². The number of pyridine rings is 1. The minimum Gasteiger partial charge on any atom is -0.379 e. The van der Waals surface area contributed by atoms with E-state index in [1.54, 1.807) is 0 Å². The third-order valence-electron chi connectivity index (χ3n) is 9.76. The van der Waals surface area contributed by atoms with Crippen LogP contribution in [0, 0.1) is 0 Å². The fraction of sp³-hybridized carbons (Fsp3) is 0.405. The number of likely N-dealkylation sites (tertiary alicyclic amines) is 1. The topological polar surface area (TPSA) is 95.1 Å². The van der Waals surface area contributed by atoms with E-state index in [4.69, 9.17) is 9.72 Å². The fourth-order valence-electron chi connectivity index (χ4n) is 6.96. The number of rotatable bonds is 9. The zero-order chi connectivity index (χ0) is 38.1. The van der Waals surface area contributed by atoms with E-state index >= 15 is 0 Å². The van der Waals surface area contributed by atoms with Gasteiger partial charge in [0.25, 0.3) is 5.91 Å². The van der Waals surface area contributed by atoms with E-state index in [2.05, 4.69) is 10.2 Å². The van der Waals surface area contributed by atoms with Crippen molar-refractivity contribution in [2.75, 3.05) is 53.5 Å². The third-order valence-corrected chi connectivity index (χ3v) is 11.6. The molecular weight excluding hydrogens is 724 g/mol. The molecule has 0 radical (unpaired) electrons. The van der Waals surface area contributed by atoms with Crippen molar-refractivity contribution < 1.29 is 44.3 Å². The zero-order valence-corrected chi connectivity index (χ0v) is 29.9. The summed E-state index contributed by atoms with van der Waals surface area (Å²) < 4.78 is 119. The predicted molar refractivity (Wildman–Crippen MR) is 186 cm³/mol. The molecule has 16 heteroatoms. The summed E-state index contributed by atoms with van der Waals surface area (Å²) in [6.45, 7) is 3.79. The van der Waals surface area contributed by atoms with Gasteiger partial charge in [0.2, 0.25) is 10.0 Å². The van der Waals surface area contributed by atoms with E-state index in [1.165, 1.54) is 74.8 Å². The molecule has 0 spiro atoms. The molecule has 0 aliphatic carbocycles. The Balaban J connectivity index is 1.54. The van der Waals surface area contributed by atoms with Crippen LogP contribution in [0.25, 0.3) is 22.2 Å². The van der Waals surface area contributed by atoms with Gasteiger partial charge in [0.15, 0.2) is 6.04 Å². The lowest BCUT2D eigenvalue weighted by molar-refractivity contribution is -0.155. The molecule has 1 unspecified atom stereocenters. The summed E-state index contributed by atoms with van der Waals surface area (Å²) in [5.41, 5.74) is -1.48. The number of benzene rings is 3. The Labute approximate surface area is 303 Å². The molecule has 1 aromatic heterocycles. The number of amides is 1. The van der Waals surface area contributed by atoms with Crippen molar-refractivity contribution >= 4 is 26.8 Å². The summed E-state index contributed by atoms with van der Waals surface area (Å²) in [6, 6.07) is 12.7. The largest absolute Gasteiger partial charge is 0.416 e. The van der Waals surface area contributed by atoms with Gasteiger partial charge in [0.05, 0.1) is 40.4 Å². The first-order valence-corrected chi connectivity index (χ1v) is 18.5. The number of sulfonamides is 1. The Morgan fingerprint density at radius 3 is 2.23 bits per heavy atom. The third kappa shape index (κ3) is 8.51. The Hall–Kier alpha value is -4.09. The first-order chi connectivity index (χ1) is 25.0. The SMILES string of the molecule is CN(C)S(=O)(=O)c1ccc2nc(-c3cccc(C(F)(F)F)c3)c(CN3CCC(N4CCOCC4)CC3)c(C(=O)NC(c3ccccc3)C(F)(F)F)c2c1. The Morgan fingerprint density at radius 2 is 1.60 bits per heavy atom. The summed E-state index contributed by atoms with van der Waals surface area (Å²) in [4.78, 5) is 23.3. The molecule has 0 saturated carbocycles. The van der Waals surface area contributed by atoms with Crippen molar-refractivity contribution in [2.45, 2.75) is 48.7 Å². The Bertz CT molecular complexity index is 2050. The number of ether oxygens (including phenoxy) is 1. The molecular formula is C37H39F6N5O4S. The number of carbonyl (C=O) groups excluding carboxylic acids is 1. The van der Waals surface area contributed by atoms with Gasteiger partial charge in [0, 0.05) is 56.3 Å². The number of piperidine rings is 1. The first-order valence-electron chi connectivity index (χ1n) is 17.1. The van der Waals surface area contributed by atoms with Crippen molar-refractivity contribution in [2.24, 2.45) is 0 Å². The minimum absolute atomic E-state index is 0.00519. The van der Waals surface area contributed by atoms with Crippen LogP contribution in [0.5, 0.6) is 0 Å². The average Bonchev–Trinajstić information content (AvgIpc) is 3.13. The van der Waals surface area contributed by atoms with Crippen LogP contribution < -0.4 is 5.32 Å². The van der Waals surface area contributed by atoms with E-state index in [1.807, 2.05) is 4.90 Å². The van der Waals surface area contributed by atoms with Crippen LogP contribution in [-0.4, -0.2) is 99.1 Å². The van der Waals surface area contributed by atoms with E-state index in [0.717, 1.165) is 42.4 Å². The fourth-order valence-corrected chi connectivity index (χ4v) is 7.89. The number of hydrogen-bond acceptors (Lipinski definition) is 7. The van der Waals surface area contributed by atoms with Gasteiger partial charge in [-0.05, 0) is 61.8 Å². The highest BCUT2D eigenvalue weighted by molar-refractivity contribution is 7.89. The highest BCUT2D eigenvalue weighted by atomic mass is 32.2. The first kappa shape index (κ1) is 38.6. The molecule has 0 bridgehead atoms. The highest BCUT2D eigenvalue weighted by Crippen LogP contribution is 2.38. The molecule has 53 heavy (non-hydrogen) atoms. The second-order valence-electron chi connectivity index (χ2n) is 13.4. The van der Waals surface area contributed by atoms with Crippen molar-refractivity contribution in [3.8, 4) is 11.3 Å². The number of morpholine rings is 1. The van der Waals surface area contributed by atoms with Crippen molar-refractivity contribution in [1.82, 2.24) is 24.4 Å². The maximum absolute atomic E-state index is 14.6. The molecule has 1 amide bonds. The van der Waals surface area contributed by atoms with Gasteiger partial charge < -0.3 is 10.1 Å². The van der Waals surface area contributed by atoms with Gasteiger partial charge in [-0.2, -0.15) is 26.3 Å². The summed E-state index contributed by atoms with van der Waals surface area (Å²) in [5, 5.41) is 2.07. The minimum atomic E-state index is -4.94.